The third kappa shape index (κ3) is 5.68. The molecule has 0 fully saturated rings. The van der Waals surface area contributed by atoms with Gasteiger partial charge in [0.05, 0.1) is 16.8 Å². The normalized spacial score (nSPS) is 12.8. The Morgan fingerprint density at radius 3 is 2.35 bits per heavy atom. The van der Waals surface area contributed by atoms with E-state index in [-0.39, 0.29) is 14.9 Å². The minimum absolute atomic E-state index is 0. The molecule has 20 heavy (non-hydrogen) atoms. The summed E-state index contributed by atoms with van der Waals surface area (Å²) >= 11 is 7.05. The molecule has 0 spiro atoms. The van der Waals surface area contributed by atoms with Crippen LogP contribution in [0.15, 0.2) is 33.6 Å². The molecule has 1 aliphatic rings. The van der Waals surface area contributed by atoms with Crippen LogP contribution in [-0.2, 0) is 0 Å². The van der Waals surface area contributed by atoms with Crippen LogP contribution in [0.25, 0.3) is 10.2 Å². The lowest BCUT2D eigenvalue weighted by molar-refractivity contribution is 1.18. The summed E-state index contributed by atoms with van der Waals surface area (Å²) < 4.78 is 3.67. The number of hydrogen-bond acceptors (Lipinski definition) is 6. The first kappa shape index (κ1) is 19.8. The Morgan fingerprint density at radius 2 is 1.85 bits per heavy atom. The Balaban J connectivity index is 0.000000356. The molecule has 2 aromatic rings. The van der Waals surface area contributed by atoms with Gasteiger partial charge in [-0.15, -0.1) is 23.1 Å². The van der Waals surface area contributed by atoms with Crippen LogP contribution in [0.1, 0.15) is 14.9 Å². The molecule has 1 aromatic heterocycles. The number of aromatic nitrogens is 1. The molecule has 0 aliphatic carbocycles. The quantitative estimate of drug-likeness (QED) is 0.615. The zero-order valence-corrected chi connectivity index (χ0v) is 13.5. The molecule has 0 N–H and O–H groups in total. The van der Waals surface area contributed by atoms with E-state index in [1.54, 1.807) is 34.9 Å². The van der Waals surface area contributed by atoms with Gasteiger partial charge < -0.3 is 0 Å². The molecule has 1 aromatic carbocycles. The van der Waals surface area contributed by atoms with E-state index in [2.05, 4.69) is 28.6 Å². The summed E-state index contributed by atoms with van der Waals surface area (Å²) in [7, 11) is 0. The van der Waals surface area contributed by atoms with Crippen molar-refractivity contribution in [2.45, 2.75) is 19.2 Å². The van der Waals surface area contributed by atoms with Crippen molar-refractivity contribution in [3.05, 3.63) is 24.3 Å². The number of hydrogen-bond donors (Lipinski definition) is 0. The van der Waals surface area contributed by atoms with Crippen LogP contribution < -0.4 is 0 Å². The third-order valence-corrected chi connectivity index (χ3v) is 6.30. The van der Waals surface area contributed by atoms with Gasteiger partial charge in [0.15, 0.2) is 4.34 Å². The molecule has 0 atom stereocenters. The largest absolute Gasteiger partial charge is 0.271 e. The Labute approximate surface area is 139 Å². The van der Waals surface area contributed by atoms with Gasteiger partial charge in [0.2, 0.25) is 0 Å². The highest BCUT2D eigenvalue weighted by Crippen LogP contribution is 2.27. The van der Waals surface area contributed by atoms with E-state index in [1.807, 2.05) is 30.0 Å². The smallest absolute Gasteiger partial charge is 0.150 e. The number of nitrogens with zero attached hydrogens (tertiary/aromatic N) is 2. The van der Waals surface area contributed by atoms with Gasteiger partial charge in [0.1, 0.15) is 4.38 Å². The molecule has 2 nitrogen and oxygen atoms in total. The molecule has 1 aliphatic heterocycles. The number of thioether (sulfide) groups is 3. The number of rotatable bonds is 1. The molecule has 0 saturated carbocycles. The van der Waals surface area contributed by atoms with Crippen LogP contribution in [-0.4, -0.2) is 34.2 Å². The lowest BCUT2D eigenvalue weighted by atomic mass is 10.3. The van der Waals surface area contributed by atoms with Crippen molar-refractivity contribution in [3.63, 3.8) is 0 Å². The number of thiazole rings is 1. The second kappa shape index (κ2) is 10.5. The third-order valence-electron chi connectivity index (χ3n) is 2.18. The molecule has 112 valence electrons. The number of aliphatic imine (C=N–C) groups is 1. The molecule has 3 rings (SSSR count). The first-order chi connectivity index (χ1) is 8.83. The van der Waals surface area contributed by atoms with Crippen molar-refractivity contribution < 1.29 is 0 Å². The summed E-state index contributed by atoms with van der Waals surface area (Å²) in [5.74, 6) is 1.19. The van der Waals surface area contributed by atoms with E-state index in [4.69, 9.17) is 0 Å². The second-order valence-corrected chi connectivity index (χ2v) is 7.57. The molecule has 0 bridgehead atoms. The minimum atomic E-state index is 0. The molecule has 0 amide bonds. The van der Waals surface area contributed by atoms with Crippen LogP contribution in [0, 0.1) is 0 Å². The van der Waals surface area contributed by atoms with Gasteiger partial charge in [-0.25, -0.2) is 4.98 Å². The SMILES string of the molecule is C.C.CSC1=NCCS1.CSc1nc2ccccc2s1. The molecule has 0 unspecified atom stereocenters. The molecular formula is C14H22N2S4. The number of fused-ring (bicyclic) bond motifs is 1. The molecular weight excluding hydrogens is 324 g/mol. The van der Waals surface area contributed by atoms with Crippen molar-refractivity contribution in [1.82, 2.24) is 4.98 Å². The second-order valence-electron chi connectivity index (χ2n) is 3.35. The topological polar surface area (TPSA) is 25.2 Å². The van der Waals surface area contributed by atoms with Crippen LogP contribution in [0.4, 0.5) is 0 Å². The van der Waals surface area contributed by atoms with E-state index >= 15 is 0 Å². The van der Waals surface area contributed by atoms with E-state index < -0.39 is 0 Å². The Morgan fingerprint density at radius 1 is 1.10 bits per heavy atom. The summed E-state index contributed by atoms with van der Waals surface area (Å²) in [5.41, 5.74) is 1.11. The average Bonchev–Trinajstić information content (AvgIpc) is 3.07. The molecule has 2 heterocycles. The Hall–Kier alpha value is -0.170. The fraction of sp³-hybridized carbons (Fsp3) is 0.429. The van der Waals surface area contributed by atoms with Crippen LogP contribution >= 0.6 is 46.6 Å². The Bertz CT molecular complexity index is 504. The van der Waals surface area contributed by atoms with E-state index in [9.17, 15) is 0 Å². The van der Waals surface area contributed by atoms with Crippen LogP contribution in [0.3, 0.4) is 0 Å². The van der Waals surface area contributed by atoms with Crippen molar-refractivity contribution in [2.75, 3.05) is 24.8 Å². The van der Waals surface area contributed by atoms with Gasteiger partial charge in [-0.1, -0.05) is 50.5 Å². The average molecular weight is 347 g/mol. The number of benzene rings is 1. The van der Waals surface area contributed by atoms with E-state index in [1.165, 1.54) is 14.8 Å². The van der Waals surface area contributed by atoms with Gasteiger partial charge in [-0.2, -0.15) is 0 Å². The van der Waals surface area contributed by atoms with Gasteiger partial charge in [0.25, 0.3) is 0 Å². The van der Waals surface area contributed by atoms with Crippen LogP contribution in [0.5, 0.6) is 0 Å². The molecule has 6 heteroatoms. The molecule has 0 radical (unpaired) electrons. The summed E-state index contributed by atoms with van der Waals surface area (Å²) in [6.45, 7) is 1.03. The lowest BCUT2D eigenvalue weighted by Gasteiger charge is -1.85. The standard InChI is InChI=1S/C8H7NS2.C4H7NS2.2CH4/c1-10-8-9-6-4-2-3-5-7(6)11-8;1-6-4-5-2-3-7-4;;/h2-5H,1H3;2-3H2,1H3;2*1H4. The number of para-hydroxylation sites is 1. The van der Waals surface area contributed by atoms with E-state index in [0.29, 0.717) is 0 Å². The first-order valence-electron chi connectivity index (χ1n) is 5.44. The maximum Gasteiger partial charge on any atom is 0.150 e. The van der Waals surface area contributed by atoms with Crippen molar-refractivity contribution in [2.24, 2.45) is 4.99 Å². The maximum atomic E-state index is 4.41. The lowest BCUT2D eigenvalue weighted by Crippen LogP contribution is -1.72. The molecule has 0 saturated heterocycles. The van der Waals surface area contributed by atoms with Crippen molar-refractivity contribution in [3.8, 4) is 0 Å². The van der Waals surface area contributed by atoms with Gasteiger partial charge in [0, 0.05) is 5.75 Å². The highest BCUT2D eigenvalue weighted by molar-refractivity contribution is 8.38. The van der Waals surface area contributed by atoms with Gasteiger partial charge in [-0.05, 0) is 24.6 Å². The fourth-order valence-electron chi connectivity index (χ4n) is 1.38. The van der Waals surface area contributed by atoms with Crippen LogP contribution in [0.2, 0.25) is 0 Å². The summed E-state index contributed by atoms with van der Waals surface area (Å²) in [5, 5.41) is 0. The Kier molecular flexibility index (Phi) is 10.5. The van der Waals surface area contributed by atoms with Gasteiger partial charge >= 0.3 is 0 Å². The minimum Gasteiger partial charge on any atom is -0.271 e. The monoisotopic (exact) mass is 346 g/mol. The zero-order chi connectivity index (χ0) is 12.8. The highest BCUT2D eigenvalue weighted by atomic mass is 32.2. The van der Waals surface area contributed by atoms with Gasteiger partial charge in [-0.3, -0.25) is 4.99 Å². The van der Waals surface area contributed by atoms with E-state index in [0.717, 1.165) is 16.4 Å². The maximum absolute atomic E-state index is 4.41. The fourth-order valence-corrected chi connectivity index (χ4v) is 4.35. The predicted octanol–water partition coefficient (Wildman–Crippen LogP) is 5.74. The first-order valence-corrected chi connectivity index (χ1v) is 9.69. The van der Waals surface area contributed by atoms with Crippen molar-refractivity contribution in [1.29, 1.82) is 0 Å². The van der Waals surface area contributed by atoms with Crippen molar-refractivity contribution >= 4 is 61.2 Å². The zero-order valence-electron chi connectivity index (χ0n) is 10.3. The summed E-state index contributed by atoms with van der Waals surface area (Å²) in [6, 6.07) is 8.22. The summed E-state index contributed by atoms with van der Waals surface area (Å²) in [4.78, 5) is 8.61. The highest BCUT2D eigenvalue weighted by Gasteiger charge is 2.02. The summed E-state index contributed by atoms with van der Waals surface area (Å²) in [6.07, 6.45) is 4.12. The predicted molar refractivity (Wildman–Crippen MR) is 103 cm³/mol.